The summed E-state index contributed by atoms with van der Waals surface area (Å²) >= 11 is 6.28. The van der Waals surface area contributed by atoms with Gasteiger partial charge in [0.05, 0.1) is 24.9 Å². The molecule has 1 aromatic carbocycles. The van der Waals surface area contributed by atoms with Gasteiger partial charge >= 0.3 is 6.09 Å². The molecule has 2 aromatic heterocycles. The Morgan fingerprint density at radius 2 is 1.76 bits per heavy atom. The van der Waals surface area contributed by atoms with Crippen molar-refractivity contribution in [2.75, 3.05) is 44.4 Å². The molecular weight excluding hydrogens is 556 g/mol. The number of hydrogen-bond acceptors (Lipinski definition) is 8. The average molecular weight is 593 g/mol. The topological polar surface area (TPSA) is 142 Å². The molecule has 1 aliphatic heterocycles. The van der Waals surface area contributed by atoms with Gasteiger partial charge in [-0.1, -0.05) is 67.3 Å². The third kappa shape index (κ3) is 9.04. The fourth-order valence-corrected chi connectivity index (χ4v) is 5.30. The number of morpholine rings is 1. The number of hydrogen-bond donors (Lipinski definition) is 2. The molecule has 2 fully saturated rings. The largest absolute Gasteiger partial charge is 0.463 e. The lowest BCUT2D eigenvalue weighted by atomic mass is 9.89. The van der Waals surface area contributed by atoms with Crippen molar-refractivity contribution in [1.29, 1.82) is 0 Å². The summed E-state index contributed by atoms with van der Waals surface area (Å²) in [7, 11) is 0. The first kappa shape index (κ1) is 31.0. The van der Waals surface area contributed by atoms with E-state index in [0.29, 0.717) is 53.6 Å². The number of amides is 1. The lowest BCUT2D eigenvalue weighted by molar-refractivity contribution is 0.0375. The Hall–Kier alpha value is -3.93. The van der Waals surface area contributed by atoms with E-state index in [1.54, 1.807) is 12.3 Å². The zero-order valence-electron chi connectivity index (χ0n) is 23.6. The van der Waals surface area contributed by atoms with Gasteiger partial charge in [0.15, 0.2) is 17.5 Å². The van der Waals surface area contributed by atoms with Gasteiger partial charge in [-0.25, -0.2) is 19.8 Å². The molecule has 222 valence electrons. The number of amidine groups is 1. The number of nitrogens with zero attached hydrogens (tertiary/aromatic N) is 7. The van der Waals surface area contributed by atoms with E-state index in [2.05, 4.69) is 41.5 Å². The van der Waals surface area contributed by atoms with Crippen LogP contribution in [0.2, 0.25) is 5.02 Å². The minimum Gasteiger partial charge on any atom is -0.463 e. The fraction of sp³-hybridized carbons (Fsp3) is 0.400. The van der Waals surface area contributed by atoms with Crippen molar-refractivity contribution in [2.24, 2.45) is 21.6 Å². The second kappa shape index (κ2) is 15.9. The van der Waals surface area contributed by atoms with Crippen LogP contribution in [0.4, 0.5) is 16.3 Å². The number of pyridine rings is 1. The second-order valence-electron chi connectivity index (χ2n) is 10.2. The van der Waals surface area contributed by atoms with Crippen molar-refractivity contribution in [2.45, 2.75) is 32.1 Å². The average Bonchev–Trinajstić information content (AvgIpc) is 3.02. The first-order chi connectivity index (χ1) is 20.4. The molecule has 0 unspecified atom stereocenters. The smallest absolute Gasteiger partial charge is 0.433 e. The Labute approximate surface area is 251 Å². The van der Waals surface area contributed by atoms with Crippen molar-refractivity contribution in [3.63, 3.8) is 0 Å². The highest BCUT2D eigenvalue weighted by molar-refractivity contribution is 6.30. The molecular formula is C30H37ClN8O3. The number of anilines is 1. The molecule has 1 amide bonds. The summed E-state index contributed by atoms with van der Waals surface area (Å²) in [5, 5.41) is 9.53. The summed E-state index contributed by atoms with van der Waals surface area (Å²) in [5.41, 5.74) is 7.72. The Bertz CT molecular complexity index is 1300. The summed E-state index contributed by atoms with van der Waals surface area (Å²) in [6.45, 7) is 8.13. The van der Waals surface area contributed by atoms with Crippen molar-refractivity contribution in [3.05, 3.63) is 65.7 Å². The van der Waals surface area contributed by atoms with Crippen LogP contribution in [-0.2, 0) is 4.74 Å². The van der Waals surface area contributed by atoms with Crippen LogP contribution >= 0.6 is 11.6 Å². The molecule has 2 aliphatic rings. The molecule has 1 aliphatic carbocycles. The lowest BCUT2D eigenvalue weighted by Gasteiger charge is -2.37. The van der Waals surface area contributed by atoms with E-state index < -0.39 is 6.09 Å². The molecule has 0 atom stereocenters. The molecule has 42 heavy (non-hydrogen) atoms. The van der Waals surface area contributed by atoms with Gasteiger partial charge in [0, 0.05) is 37.6 Å². The monoisotopic (exact) mass is 592 g/mol. The standard InChI is InChI=1S/C24H31ClN8O3.C6H6/c1-27-22-20(33(14-16-5-3-2-4-6-16)15-32-7-9-36-10-8-32)19(17-11-18(25)13-28-12-17)29-23(31-22)21(26)30-24(34)35;1-2-4-6-5-3-1/h11-13,16H,1-10,14-15H2,(H2,26,30)(H,34,35);1-6H. The summed E-state index contributed by atoms with van der Waals surface area (Å²) < 4.78 is 5.55. The number of rotatable bonds is 8. The van der Waals surface area contributed by atoms with Crippen molar-refractivity contribution < 1.29 is 14.6 Å². The zero-order chi connectivity index (χ0) is 29.7. The van der Waals surface area contributed by atoms with Crippen LogP contribution in [-0.4, -0.2) is 83.1 Å². The summed E-state index contributed by atoms with van der Waals surface area (Å²) in [4.78, 5) is 36.7. The second-order valence-corrected chi connectivity index (χ2v) is 10.6. The number of aromatic nitrogens is 3. The highest BCUT2D eigenvalue weighted by Gasteiger charge is 2.27. The predicted octanol–water partition coefficient (Wildman–Crippen LogP) is 5.27. The molecule has 11 nitrogen and oxygen atoms in total. The van der Waals surface area contributed by atoms with Gasteiger partial charge in [0.2, 0.25) is 0 Å². The molecule has 0 spiro atoms. The van der Waals surface area contributed by atoms with Crippen LogP contribution < -0.4 is 10.6 Å². The number of ether oxygens (including phenoxy) is 1. The first-order valence-corrected chi connectivity index (χ1v) is 14.4. The SMILES string of the molecule is C=Nc1nc(/C(N)=N/C(=O)O)nc(-c2cncc(Cl)c2)c1N(CC1CCCCC1)CN1CCOCC1.c1ccccc1. The molecule has 3 N–H and O–H groups in total. The van der Waals surface area contributed by atoms with Crippen molar-refractivity contribution in [1.82, 2.24) is 19.9 Å². The van der Waals surface area contributed by atoms with Crippen LogP contribution in [0.5, 0.6) is 0 Å². The van der Waals surface area contributed by atoms with Gasteiger partial charge in [0.1, 0.15) is 11.4 Å². The number of nitrogens with two attached hydrogens (primary N) is 1. The van der Waals surface area contributed by atoms with Gasteiger partial charge in [0.25, 0.3) is 0 Å². The number of benzene rings is 1. The lowest BCUT2D eigenvalue weighted by Crippen LogP contribution is -2.46. The third-order valence-corrected chi connectivity index (χ3v) is 7.31. The molecule has 1 saturated carbocycles. The van der Waals surface area contributed by atoms with Gasteiger partial charge in [-0.05, 0) is 31.5 Å². The van der Waals surface area contributed by atoms with Gasteiger partial charge in [-0.15, -0.1) is 0 Å². The van der Waals surface area contributed by atoms with Crippen molar-refractivity contribution >= 4 is 41.8 Å². The number of carboxylic acid groups (broad SMARTS) is 1. The molecule has 5 rings (SSSR count). The molecule has 12 heteroatoms. The Morgan fingerprint density at radius 1 is 1.10 bits per heavy atom. The molecule has 1 saturated heterocycles. The van der Waals surface area contributed by atoms with Gasteiger partial charge in [-0.2, -0.15) is 4.99 Å². The molecule has 3 aromatic rings. The number of halogens is 1. The summed E-state index contributed by atoms with van der Waals surface area (Å²) in [5.74, 6) is 0.424. The van der Waals surface area contributed by atoms with Gasteiger partial charge < -0.3 is 20.5 Å². The summed E-state index contributed by atoms with van der Waals surface area (Å²) in [6.07, 6.45) is 7.74. The number of aliphatic imine (C=N–C) groups is 2. The van der Waals surface area contributed by atoms with Crippen molar-refractivity contribution in [3.8, 4) is 11.3 Å². The molecule has 3 heterocycles. The fourth-order valence-electron chi connectivity index (χ4n) is 5.12. The maximum atomic E-state index is 11.1. The number of carbonyl (C=O) groups is 1. The normalized spacial score (nSPS) is 16.3. The highest BCUT2D eigenvalue weighted by Crippen LogP contribution is 2.38. The van der Waals surface area contributed by atoms with E-state index in [0.717, 1.165) is 32.5 Å². The Balaban J connectivity index is 0.000000600. The first-order valence-electron chi connectivity index (χ1n) is 14.1. The van der Waals surface area contributed by atoms with E-state index in [9.17, 15) is 4.79 Å². The van der Waals surface area contributed by atoms with Crippen LogP contribution in [0.15, 0.2) is 64.8 Å². The van der Waals surface area contributed by atoms with E-state index in [4.69, 9.17) is 27.2 Å². The van der Waals surface area contributed by atoms with Crippen LogP contribution in [0, 0.1) is 5.92 Å². The maximum absolute atomic E-state index is 11.1. The zero-order valence-corrected chi connectivity index (χ0v) is 24.4. The molecule has 0 radical (unpaired) electrons. The van der Waals surface area contributed by atoms with Crippen LogP contribution in [0.25, 0.3) is 11.3 Å². The Morgan fingerprint density at radius 3 is 2.36 bits per heavy atom. The van der Waals surface area contributed by atoms with E-state index >= 15 is 0 Å². The minimum absolute atomic E-state index is 0.0532. The molecule has 0 bridgehead atoms. The van der Waals surface area contributed by atoms with E-state index in [-0.39, 0.29) is 11.7 Å². The highest BCUT2D eigenvalue weighted by atomic mass is 35.5. The minimum atomic E-state index is -1.44. The third-order valence-electron chi connectivity index (χ3n) is 7.10. The predicted molar refractivity (Wildman–Crippen MR) is 166 cm³/mol. The summed E-state index contributed by atoms with van der Waals surface area (Å²) in [6, 6.07) is 13.7. The maximum Gasteiger partial charge on any atom is 0.433 e. The Kier molecular flexibility index (Phi) is 11.7. The van der Waals surface area contributed by atoms with Crippen LogP contribution in [0.3, 0.4) is 0 Å². The van der Waals surface area contributed by atoms with E-state index in [1.807, 2.05) is 36.4 Å². The quantitative estimate of drug-likeness (QED) is 0.264. The van der Waals surface area contributed by atoms with E-state index in [1.165, 1.54) is 25.5 Å². The van der Waals surface area contributed by atoms with Gasteiger partial charge in [-0.3, -0.25) is 9.88 Å². The van der Waals surface area contributed by atoms with Crippen LogP contribution in [0.1, 0.15) is 37.9 Å².